The fourth-order valence-electron chi connectivity index (χ4n) is 3.20. The Morgan fingerprint density at radius 2 is 1.93 bits per heavy atom. The molecule has 2 aliphatic rings. The van der Waals surface area contributed by atoms with Crippen molar-refractivity contribution in [3.05, 3.63) is 52.5 Å². The Labute approximate surface area is 167 Å². The largest absolute Gasteiger partial charge is 0.457 e. The van der Waals surface area contributed by atoms with Gasteiger partial charge in [-0.25, -0.2) is 13.2 Å². The van der Waals surface area contributed by atoms with Gasteiger partial charge in [-0.3, -0.25) is 0 Å². The van der Waals surface area contributed by atoms with Crippen LogP contribution in [-0.4, -0.2) is 38.6 Å². The lowest BCUT2D eigenvalue weighted by Crippen LogP contribution is -2.28. The molecule has 0 amide bonds. The van der Waals surface area contributed by atoms with Crippen LogP contribution in [0, 0.1) is 0 Å². The van der Waals surface area contributed by atoms with Crippen LogP contribution in [0.15, 0.2) is 41.3 Å². The second kappa shape index (κ2) is 7.62. The third kappa shape index (κ3) is 3.67. The molecule has 0 atom stereocenters. The average Bonchev–Trinajstić information content (AvgIpc) is 3.38. The third-order valence-corrected chi connectivity index (χ3v) is 6.80. The molecule has 1 fully saturated rings. The summed E-state index contributed by atoms with van der Waals surface area (Å²) in [5.74, 6) is 0.348. The number of benzene rings is 2. The Kier molecular flexibility index (Phi) is 5.18. The molecule has 0 unspecified atom stereocenters. The Balaban J connectivity index is 1.48. The first-order valence-corrected chi connectivity index (χ1v) is 10.6. The lowest BCUT2D eigenvalue weighted by atomic mass is 10.2. The summed E-state index contributed by atoms with van der Waals surface area (Å²) in [6.45, 7) is 1.07. The highest BCUT2D eigenvalue weighted by atomic mass is 35.5. The van der Waals surface area contributed by atoms with E-state index in [0.717, 1.165) is 12.8 Å². The molecule has 2 aromatic carbocycles. The van der Waals surface area contributed by atoms with Crippen molar-refractivity contribution in [2.75, 3.05) is 19.9 Å². The molecule has 1 saturated heterocycles. The Morgan fingerprint density at radius 3 is 2.71 bits per heavy atom. The van der Waals surface area contributed by atoms with Crippen LogP contribution in [0.4, 0.5) is 0 Å². The van der Waals surface area contributed by atoms with Crippen molar-refractivity contribution in [3.8, 4) is 11.5 Å². The highest BCUT2D eigenvalue weighted by Gasteiger charge is 2.28. The SMILES string of the molecule is O=C(OCc1cc(Cl)c2c(c1)OCO2)c1cccc(S(=O)(=O)N2CCCC2)c1. The molecule has 7 nitrogen and oxygen atoms in total. The predicted molar refractivity (Wildman–Crippen MR) is 101 cm³/mol. The fraction of sp³-hybridized carbons (Fsp3) is 0.316. The zero-order valence-corrected chi connectivity index (χ0v) is 16.5. The molecular weight excluding hydrogens is 406 g/mol. The van der Waals surface area contributed by atoms with Gasteiger partial charge in [-0.2, -0.15) is 4.31 Å². The van der Waals surface area contributed by atoms with Gasteiger partial charge in [0.25, 0.3) is 0 Å². The van der Waals surface area contributed by atoms with E-state index in [1.807, 2.05) is 0 Å². The van der Waals surface area contributed by atoms with Crippen molar-refractivity contribution in [1.29, 1.82) is 0 Å². The molecule has 148 valence electrons. The van der Waals surface area contributed by atoms with Gasteiger partial charge in [0.1, 0.15) is 6.61 Å². The molecule has 2 aliphatic heterocycles. The van der Waals surface area contributed by atoms with Crippen molar-refractivity contribution in [3.63, 3.8) is 0 Å². The summed E-state index contributed by atoms with van der Waals surface area (Å²) in [5.41, 5.74) is 0.815. The minimum atomic E-state index is -3.60. The Bertz CT molecular complexity index is 1020. The first-order chi connectivity index (χ1) is 13.4. The molecule has 0 bridgehead atoms. The van der Waals surface area contributed by atoms with Gasteiger partial charge in [0, 0.05) is 13.1 Å². The summed E-state index contributed by atoms with van der Waals surface area (Å²) in [4.78, 5) is 12.5. The molecule has 0 aliphatic carbocycles. The number of carbonyl (C=O) groups excluding carboxylic acids is 1. The van der Waals surface area contributed by atoms with E-state index in [1.165, 1.54) is 28.6 Å². The molecule has 9 heteroatoms. The maximum Gasteiger partial charge on any atom is 0.338 e. The molecule has 0 spiro atoms. The number of hydrogen-bond acceptors (Lipinski definition) is 6. The zero-order chi connectivity index (χ0) is 19.7. The monoisotopic (exact) mass is 423 g/mol. The number of esters is 1. The van der Waals surface area contributed by atoms with E-state index in [2.05, 4.69) is 0 Å². The summed E-state index contributed by atoms with van der Waals surface area (Å²) in [6.07, 6.45) is 1.69. The quantitative estimate of drug-likeness (QED) is 0.687. The zero-order valence-electron chi connectivity index (χ0n) is 14.9. The molecular formula is C19H18ClNO6S. The first kappa shape index (κ1) is 19.0. The van der Waals surface area contributed by atoms with Gasteiger partial charge in [0.2, 0.25) is 16.8 Å². The molecule has 2 aromatic rings. The van der Waals surface area contributed by atoms with Crippen LogP contribution in [0.25, 0.3) is 0 Å². The van der Waals surface area contributed by atoms with Gasteiger partial charge in [-0.05, 0) is 48.7 Å². The summed E-state index contributed by atoms with van der Waals surface area (Å²) < 4.78 is 42.6. The summed E-state index contributed by atoms with van der Waals surface area (Å²) in [5, 5.41) is 0.375. The minimum Gasteiger partial charge on any atom is -0.457 e. The van der Waals surface area contributed by atoms with Crippen LogP contribution in [0.5, 0.6) is 11.5 Å². The van der Waals surface area contributed by atoms with Gasteiger partial charge in [-0.15, -0.1) is 0 Å². The average molecular weight is 424 g/mol. The van der Waals surface area contributed by atoms with E-state index in [9.17, 15) is 13.2 Å². The molecule has 0 aromatic heterocycles. The number of fused-ring (bicyclic) bond motifs is 1. The van der Waals surface area contributed by atoms with E-state index >= 15 is 0 Å². The van der Waals surface area contributed by atoms with Gasteiger partial charge in [0.15, 0.2) is 11.5 Å². The number of carbonyl (C=O) groups is 1. The van der Waals surface area contributed by atoms with Crippen LogP contribution in [-0.2, 0) is 21.4 Å². The Morgan fingerprint density at radius 1 is 1.14 bits per heavy atom. The number of sulfonamides is 1. The first-order valence-electron chi connectivity index (χ1n) is 8.80. The number of halogens is 1. The van der Waals surface area contributed by atoms with Crippen molar-refractivity contribution in [2.45, 2.75) is 24.3 Å². The van der Waals surface area contributed by atoms with Gasteiger partial charge >= 0.3 is 5.97 Å². The third-order valence-electron chi connectivity index (χ3n) is 4.63. The normalized spacial score (nSPS) is 16.3. The summed E-state index contributed by atoms with van der Waals surface area (Å²) in [7, 11) is -3.60. The van der Waals surface area contributed by atoms with Gasteiger partial charge < -0.3 is 14.2 Å². The number of rotatable bonds is 5. The Hall–Kier alpha value is -2.29. The van der Waals surface area contributed by atoms with Gasteiger partial charge in [-0.1, -0.05) is 17.7 Å². The highest BCUT2D eigenvalue weighted by Crippen LogP contribution is 2.40. The van der Waals surface area contributed by atoms with Crippen molar-refractivity contribution in [2.24, 2.45) is 0 Å². The van der Waals surface area contributed by atoms with E-state index < -0.39 is 16.0 Å². The second-order valence-corrected chi connectivity index (χ2v) is 8.87. The molecule has 0 N–H and O–H groups in total. The van der Waals surface area contributed by atoms with Crippen LogP contribution in [0.3, 0.4) is 0 Å². The number of hydrogen-bond donors (Lipinski definition) is 0. The smallest absolute Gasteiger partial charge is 0.338 e. The second-order valence-electron chi connectivity index (χ2n) is 6.53. The maximum atomic E-state index is 12.7. The lowest BCUT2D eigenvalue weighted by Gasteiger charge is -2.15. The lowest BCUT2D eigenvalue weighted by molar-refractivity contribution is 0.0472. The van der Waals surface area contributed by atoms with E-state index in [-0.39, 0.29) is 23.9 Å². The van der Waals surface area contributed by atoms with Crippen molar-refractivity contribution < 1.29 is 27.4 Å². The van der Waals surface area contributed by atoms with Crippen LogP contribution < -0.4 is 9.47 Å². The summed E-state index contributed by atoms with van der Waals surface area (Å²) in [6, 6.07) is 9.23. The fourth-order valence-corrected chi connectivity index (χ4v) is 5.05. The number of nitrogens with zero attached hydrogens (tertiary/aromatic N) is 1. The van der Waals surface area contributed by atoms with E-state index in [0.29, 0.717) is 35.2 Å². The van der Waals surface area contributed by atoms with Gasteiger partial charge in [0.05, 0.1) is 15.5 Å². The van der Waals surface area contributed by atoms with Crippen LogP contribution in [0.2, 0.25) is 5.02 Å². The molecule has 2 heterocycles. The molecule has 4 rings (SSSR count). The molecule has 0 saturated carbocycles. The highest BCUT2D eigenvalue weighted by molar-refractivity contribution is 7.89. The van der Waals surface area contributed by atoms with Crippen LogP contribution >= 0.6 is 11.6 Å². The number of ether oxygens (including phenoxy) is 3. The summed E-state index contributed by atoms with van der Waals surface area (Å²) >= 11 is 6.12. The van der Waals surface area contributed by atoms with Crippen molar-refractivity contribution >= 4 is 27.6 Å². The predicted octanol–water partition coefficient (Wildman–Crippen LogP) is 3.21. The minimum absolute atomic E-state index is 0.0295. The molecule has 28 heavy (non-hydrogen) atoms. The van der Waals surface area contributed by atoms with E-state index in [1.54, 1.807) is 12.1 Å². The standard InChI is InChI=1S/C19H18ClNO6S/c20-16-8-13(9-17-18(16)27-12-26-17)11-25-19(22)14-4-3-5-15(10-14)28(23,24)21-6-1-2-7-21/h3-5,8-10H,1-2,6-7,11-12H2. The van der Waals surface area contributed by atoms with E-state index in [4.69, 9.17) is 25.8 Å². The maximum absolute atomic E-state index is 12.7. The topological polar surface area (TPSA) is 82.1 Å². The van der Waals surface area contributed by atoms with Crippen LogP contribution in [0.1, 0.15) is 28.8 Å². The molecule has 0 radical (unpaired) electrons. The van der Waals surface area contributed by atoms with Crippen molar-refractivity contribution in [1.82, 2.24) is 4.31 Å².